The highest BCUT2D eigenvalue weighted by atomic mass is 32.2. The second-order valence-corrected chi connectivity index (χ2v) is 5.66. The van der Waals surface area contributed by atoms with Gasteiger partial charge in [-0.1, -0.05) is 12.1 Å². The quantitative estimate of drug-likeness (QED) is 0.771. The Morgan fingerprint density at radius 1 is 1.33 bits per heavy atom. The van der Waals surface area contributed by atoms with Gasteiger partial charge in [-0.3, -0.25) is 0 Å². The summed E-state index contributed by atoms with van der Waals surface area (Å²) in [6.07, 6.45) is 0.441. The largest absolute Gasteiger partial charge is 0.380 e. The van der Waals surface area contributed by atoms with E-state index in [0.29, 0.717) is 13.0 Å². The van der Waals surface area contributed by atoms with Crippen molar-refractivity contribution in [3.8, 4) is 0 Å². The number of halogens is 1. The van der Waals surface area contributed by atoms with Crippen LogP contribution in [0.15, 0.2) is 29.2 Å². The lowest BCUT2D eigenvalue weighted by Gasteiger charge is -2.10. The molecule has 0 amide bonds. The van der Waals surface area contributed by atoms with Crippen LogP contribution in [0.5, 0.6) is 0 Å². The Labute approximate surface area is 87.8 Å². The van der Waals surface area contributed by atoms with E-state index in [9.17, 15) is 12.8 Å². The number of sulfone groups is 1. The first kappa shape index (κ1) is 10.6. The van der Waals surface area contributed by atoms with Crippen molar-refractivity contribution in [2.24, 2.45) is 0 Å². The van der Waals surface area contributed by atoms with Crippen LogP contribution in [0.4, 0.5) is 4.39 Å². The summed E-state index contributed by atoms with van der Waals surface area (Å²) in [5, 5.41) is -0.602. The second kappa shape index (κ2) is 3.90. The van der Waals surface area contributed by atoms with Crippen LogP contribution in [0.1, 0.15) is 6.42 Å². The maximum Gasteiger partial charge on any atom is 0.186 e. The highest BCUT2D eigenvalue weighted by molar-refractivity contribution is 7.92. The molecule has 0 aromatic heterocycles. The Kier molecular flexibility index (Phi) is 2.75. The van der Waals surface area contributed by atoms with Crippen molar-refractivity contribution in [1.82, 2.24) is 0 Å². The van der Waals surface area contributed by atoms with E-state index in [4.69, 9.17) is 4.74 Å². The molecule has 2 rings (SSSR count). The van der Waals surface area contributed by atoms with E-state index in [1.807, 2.05) is 0 Å². The first-order valence-corrected chi connectivity index (χ1v) is 6.23. The molecule has 1 atom stereocenters. The second-order valence-electron chi connectivity index (χ2n) is 3.46. The van der Waals surface area contributed by atoms with Crippen LogP contribution < -0.4 is 0 Å². The van der Waals surface area contributed by atoms with Crippen LogP contribution in [0.3, 0.4) is 0 Å². The summed E-state index contributed by atoms with van der Waals surface area (Å²) in [6, 6.07) is 5.44. The molecule has 0 saturated carbocycles. The molecule has 1 saturated heterocycles. The van der Waals surface area contributed by atoms with Gasteiger partial charge in [-0.25, -0.2) is 12.8 Å². The highest BCUT2D eigenvalue weighted by Crippen LogP contribution is 2.24. The molecule has 0 radical (unpaired) electrons. The van der Waals surface area contributed by atoms with Gasteiger partial charge in [0.2, 0.25) is 0 Å². The summed E-state index contributed by atoms with van der Waals surface area (Å²) in [5.41, 5.74) is 0. The van der Waals surface area contributed by atoms with Crippen molar-refractivity contribution in [3.63, 3.8) is 0 Å². The lowest BCUT2D eigenvalue weighted by atomic mass is 10.3. The number of hydrogen-bond acceptors (Lipinski definition) is 3. The fourth-order valence-corrected chi connectivity index (χ4v) is 3.26. The molecule has 1 unspecified atom stereocenters. The SMILES string of the molecule is O=S(=O)(c1ccccc1F)C1CCOC1. The Balaban J connectivity index is 2.41. The van der Waals surface area contributed by atoms with Gasteiger partial charge in [-0.15, -0.1) is 0 Å². The average molecular weight is 230 g/mol. The molecule has 0 aliphatic carbocycles. The third-order valence-electron chi connectivity index (χ3n) is 2.47. The van der Waals surface area contributed by atoms with Crippen molar-refractivity contribution in [1.29, 1.82) is 0 Å². The zero-order chi connectivity index (χ0) is 10.9. The maximum absolute atomic E-state index is 13.3. The van der Waals surface area contributed by atoms with Crippen LogP contribution in [-0.4, -0.2) is 26.9 Å². The van der Waals surface area contributed by atoms with E-state index >= 15 is 0 Å². The standard InChI is InChI=1S/C10H11FO3S/c11-9-3-1-2-4-10(9)15(12,13)8-5-6-14-7-8/h1-4,8H,5-7H2. The summed E-state index contributed by atoms with van der Waals surface area (Å²) >= 11 is 0. The van der Waals surface area contributed by atoms with Gasteiger partial charge in [-0.2, -0.15) is 0 Å². The summed E-state index contributed by atoms with van der Waals surface area (Å²) in [4.78, 5) is -0.222. The third kappa shape index (κ3) is 1.89. The predicted molar refractivity (Wildman–Crippen MR) is 52.8 cm³/mol. The van der Waals surface area contributed by atoms with Gasteiger partial charge < -0.3 is 4.74 Å². The molecule has 15 heavy (non-hydrogen) atoms. The van der Waals surface area contributed by atoms with Gasteiger partial charge in [0, 0.05) is 6.61 Å². The average Bonchev–Trinajstić information content (AvgIpc) is 2.71. The molecule has 3 nitrogen and oxygen atoms in total. The van der Waals surface area contributed by atoms with E-state index in [-0.39, 0.29) is 11.5 Å². The molecule has 1 fully saturated rings. The normalized spacial score (nSPS) is 21.8. The van der Waals surface area contributed by atoms with Gasteiger partial charge in [0.1, 0.15) is 10.7 Å². The van der Waals surface area contributed by atoms with Crippen molar-refractivity contribution in [2.75, 3.05) is 13.2 Å². The zero-order valence-corrected chi connectivity index (χ0v) is 8.84. The van der Waals surface area contributed by atoms with Crippen LogP contribution in [0.25, 0.3) is 0 Å². The number of ether oxygens (including phenoxy) is 1. The Morgan fingerprint density at radius 3 is 2.67 bits per heavy atom. The minimum atomic E-state index is -3.57. The van der Waals surface area contributed by atoms with Gasteiger partial charge in [0.05, 0.1) is 11.9 Å². The van der Waals surface area contributed by atoms with Gasteiger partial charge >= 0.3 is 0 Å². The van der Waals surface area contributed by atoms with Crippen molar-refractivity contribution in [3.05, 3.63) is 30.1 Å². The van der Waals surface area contributed by atoms with Crippen LogP contribution in [0, 0.1) is 5.82 Å². The Bertz CT molecular complexity index is 449. The highest BCUT2D eigenvalue weighted by Gasteiger charge is 2.32. The maximum atomic E-state index is 13.3. The van der Waals surface area contributed by atoms with Gasteiger partial charge in [-0.05, 0) is 18.6 Å². The van der Waals surface area contributed by atoms with E-state index in [2.05, 4.69) is 0 Å². The molecule has 1 aliphatic rings. The first-order valence-electron chi connectivity index (χ1n) is 4.68. The van der Waals surface area contributed by atoms with E-state index in [1.54, 1.807) is 0 Å². The van der Waals surface area contributed by atoms with Crippen molar-refractivity contribution < 1.29 is 17.5 Å². The van der Waals surface area contributed by atoms with Crippen LogP contribution >= 0.6 is 0 Å². The molecular weight excluding hydrogens is 219 g/mol. The first-order chi connectivity index (χ1) is 7.12. The molecule has 82 valence electrons. The lowest BCUT2D eigenvalue weighted by Crippen LogP contribution is -2.22. The summed E-state index contributed by atoms with van der Waals surface area (Å²) in [7, 11) is -3.57. The molecule has 5 heteroatoms. The molecule has 0 bridgehead atoms. The van der Waals surface area contributed by atoms with Gasteiger partial charge in [0.15, 0.2) is 9.84 Å². The zero-order valence-electron chi connectivity index (χ0n) is 8.02. The summed E-state index contributed by atoms with van der Waals surface area (Å²) < 4.78 is 42.2. The minimum absolute atomic E-state index is 0.163. The summed E-state index contributed by atoms with van der Waals surface area (Å²) in [6.45, 7) is 0.592. The fraction of sp³-hybridized carbons (Fsp3) is 0.400. The summed E-state index contributed by atoms with van der Waals surface area (Å²) in [5.74, 6) is -0.690. The Morgan fingerprint density at radius 2 is 2.07 bits per heavy atom. The van der Waals surface area contributed by atoms with Crippen molar-refractivity contribution >= 4 is 9.84 Å². The van der Waals surface area contributed by atoms with E-state index < -0.39 is 20.9 Å². The fourth-order valence-electron chi connectivity index (χ4n) is 1.61. The van der Waals surface area contributed by atoms with E-state index in [1.165, 1.54) is 18.2 Å². The monoisotopic (exact) mass is 230 g/mol. The lowest BCUT2D eigenvalue weighted by molar-refractivity contribution is 0.198. The molecule has 0 spiro atoms. The minimum Gasteiger partial charge on any atom is -0.380 e. The molecule has 1 heterocycles. The smallest absolute Gasteiger partial charge is 0.186 e. The number of rotatable bonds is 2. The van der Waals surface area contributed by atoms with E-state index in [0.717, 1.165) is 6.07 Å². The number of hydrogen-bond donors (Lipinski definition) is 0. The topological polar surface area (TPSA) is 43.4 Å². The van der Waals surface area contributed by atoms with Gasteiger partial charge in [0.25, 0.3) is 0 Å². The molecular formula is C10H11FO3S. The van der Waals surface area contributed by atoms with Crippen molar-refractivity contribution in [2.45, 2.75) is 16.6 Å². The molecule has 1 aliphatic heterocycles. The molecule has 0 N–H and O–H groups in total. The third-order valence-corrected chi connectivity index (χ3v) is 4.66. The number of benzene rings is 1. The Hall–Kier alpha value is -0.940. The molecule has 1 aromatic rings. The van der Waals surface area contributed by atoms with Crippen LogP contribution in [0.2, 0.25) is 0 Å². The van der Waals surface area contributed by atoms with Crippen LogP contribution in [-0.2, 0) is 14.6 Å². The predicted octanol–water partition coefficient (Wildman–Crippen LogP) is 1.39. The molecule has 1 aromatic carbocycles.